The highest BCUT2D eigenvalue weighted by molar-refractivity contribution is 6.81. The molecule has 0 unspecified atom stereocenters. The van der Waals surface area contributed by atoms with Crippen molar-refractivity contribution in [3.63, 3.8) is 0 Å². The van der Waals surface area contributed by atoms with E-state index in [4.69, 9.17) is 4.12 Å². The van der Waals surface area contributed by atoms with Crippen LogP contribution in [-0.2, 0) is 8.58 Å². The first-order valence-electron chi connectivity index (χ1n) is 6.39. The van der Waals surface area contributed by atoms with E-state index in [0.29, 0.717) is 16.6 Å². The quantitative estimate of drug-likeness (QED) is 0.657. The van der Waals surface area contributed by atoms with Crippen LogP contribution in [0.3, 0.4) is 0 Å². The van der Waals surface area contributed by atoms with Crippen LogP contribution in [0.2, 0.25) is 22.2 Å². The lowest BCUT2D eigenvalue weighted by atomic mass is 10.5. The highest BCUT2D eigenvalue weighted by atomic mass is 28.4. The Morgan fingerprint density at radius 1 is 0.812 bits per heavy atom. The number of hydrogen-bond acceptors (Lipinski definition) is 2. The molecule has 0 aliphatic rings. The van der Waals surface area contributed by atoms with Crippen LogP contribution in [0.15, 0.2) is 0 Å². The minimum atomic E-state index is -1.92. The summed E-state index contributed by atoms with van der Waals surface area (Å²) in [6, 6.07) is 0. The first-order valence-corrected chi connectivity index (χ1v) is 9.92. The maximum absolute atomic E-state index is 12.1. The van der Waals surface area contributed by atoms with Gasteiger partial charge in [-0.25, -0.2) is 0 Å². The van der Waals surface area contributed by atoms with Crippen molar-refractivity contribution in [3.05, 3.63) is 0 Å². The Morgan fingerprint density at radius 3 is 1.31 bits per heavy atom. The largest absolute Gasteiger partial charge is 0.578 e. The molecule has 0 fully saturated rings. The maximum atomic E-state index is 12.1. The van der Waals surface area contributed by atoms with Crippen molar-refractivity contribution in [3.8, 4) is 0 Å². The lowest BCUT2D eigenvalue weighted by Crippen LogP contribution is -2.50. The van der Waals surface area contributed by atoms with E-state index in [2.05, 4.69) is 41.5 Å². The van der Waals surface area contributed by atoms with Crippen LogP contribution in [0.5, 0.6) is 0 Å². The van der Waals surface area contributed by atoms with E-state index in [0.717, 1.165) is 0 Å². The smallest absolute Gasteiger partial charge is 0.490 e. The second-order valence-electron chi connectivity index (χ2n) is 5.89. The first kappa shape index (κ1) is 16.0. The van der Waals surface area contributed by atoms with Crippen molar-refractivity contribution >= 4 is 17.2 Å². The van der Waals surface area contributed by atoms with Gasteiger partial charge in [0.2, 0.25) is 8.32 Å². The van der Waals surface area contributed by atoms with Crippen molar-refractivity contribution in [2.24, 2.45) is 0 Å². The van der Waals surface area contributed by atoms with Crippen molar-refractivity contribution in [1.82, 2.24) is 0 Å². The normalized spacial score (nSPS) is 13.0. The average Bonchev–Trinajstić information content (AvgIpc) is 2.11. The van der Waals surface area contributed by atoms with Crippen molar-refractivity contribution < 1.29 is 8.58 Å². The summed E-state index contributed by atoms with van der Waals surface area (Å²) in [4.78, 5) is 0. The van der Waals surface area contributed by atoms with Gasteiger partial charge in [0, 0.05) is 5.54 Å². The molecule has 0 aliphatic heterocycles. The molecule has 4 heteroatoms. The third-order valence-corrected chi connectivity index (χ3v) is 12.0. The van der Waals surface area contributed by atoms with Gasteiger partial charge in [0.05, 0.1) is 0 Å². The zero-order chi connectivity index (χ0) is 13.1. The summed E-state index contributed by atoms with van der Waals surface area (Å²) in [7, 11) is -3.81. The van der Waals surface area contributed by atoms with E-state index in [9.17, 15) is 4.46 Å². The molecule has 0 radical (unpaired) electrons. The third-order valence-electron chi connectivity index (χ3n) is 3.46. The molecular weight excluding hydrogens is 232 g/mol. The Hall–Kier alpha value is 0.0338. The molecule has 96 valence electrons. The molecule has 2 nitrogen and oxygen atoms in total. The van der Waals surface area contributed by atoms with Crippen LogP contribution in [0.1, 0.15) is 55.4 Å². The van der Waals surface area contributed by atoms with Crippen LogP contribution in [0.4, 0.5) is 0 Å². The molecule has 0 aliphatic carbocycles. The van der Waals surface area contributed by atoms with Crippen LogP contribution in [0, 0.1) is 0 Å². The van der Waals surface area contributed by atoms with E-state index in [1.807, 2.05) is 13.8 Å². The Morgan fingerprint density at radius 2 is 1.12 bits per heavy atom. The Labute approximate surface area is 104 Å². The molecule has 0 aromatic carbocycles. The molecule has 0 atom stereocenters. The number of hydrogen-bond donors (Lipinski definition) is 0. The summed E-state index contributed by atoms with van der Waals surface area (Å²) >= 11 is 0. The van der Waals surface area contributed by atoms with E-state index in [1.165, 1.54) is 0 Å². The summed E-state index contributed by atoms with van der Waals surface area (Å²) in [5.41, 5.74) is 1.70. The van der Waals surface area contributed by atoms with Crippen LogP contribution in [-0.4, -0.2) is 17.2 Å². The van der Waals surface area contributed by atoms with Crippen molar-refractivity contribution in [2.45, 2.75) is 77.6 Å². The van der Waals surface area contributed by atoms with Gasteiger partial charge >= 0.3 is 8.93 Å². The Bertz CT molecular complexity index is 213. The van der Waals surface area contributed by atoms with Gasteiger partial charge in [-0.15, -0.1) is 0 Å². The second-order valence-corrected chi connectivity index (χ2v) is 13.7. The zero-order valence-electron chi connectivity index (χ0n) is 12.1. The summed E-state index contributed by atoms with van der Waals surface area (Å²) in [5, 5.41) is 0. The van der Waals surface area contributed by atoms with E-state index < -0.39 is 17.2 Å². The summed E-state index contributed by atoms with van der Waals surface area (Å²) in [6.45, 7) is 17.3. The van der Waals surface area contributed by atoms with E-state index in [1.54, 1.807) is 0 Å². The van der Waals surface area contributed by atoms with Gasteiger partial charge < -0.3 is 8.58 Å². The summed E-state index contributed by atoms with van der Waals surface area (Å²) < 4.78 is 18.2. The molecule has 0 heterocycles. The minimum Gasteiger partial charge on any atom is -0.578 e. The summed E-state index contributed by atoms with van der Waals surface area (Å²) in [5.74, 6) is 0. The van der Waals surface area contributed by atoms with Gasteiger partial charge in [-0.2, -0.15) is 0 Å². The van der Waals surface area contributed by atoms with Crippen LogP contribution in [0.25, 0.3) is 0 Å². The molecule has 0 aromatic rings. The van der Waals surface area contributed by atoms with Crippen LogP contribution >= 0.6 is 0 Å². The first-order chi connectivity index (χ1) is 7.16. The topological polar surface area (TPSA) is 26.3 Å². The van der Waals surface area contributed by atoms with Crippen LogP contribution < -0.4 is 0 Å². The molecule has 0 amide bonds. The highest BCUT2D eigenvalue weighted by Crippen LogP contribution is 2.42. The predicted molar refractivity (Wildman–Crippen MR) is 73.7 cm³/mol. The molecule has 16 heavy (non-hydrogen) atoms. The fourth-order valence-electron chi connectivity index (χ4n) is 2.65. The fourth-order valence-corrected chi connectivity index (χ4v) is 11.8. The third kappa shape index (κ3) is 3.26. The molecule has 0 bridgehead atoms. The predicted octanol–water partition coefficient (Wildman–Crippen LogP) is 4.51. The van der Waals surface area contributed by atoms with Gasteiger partial charge in [-0.1, -0.05) is 55.4 Å². The second kappa shape index (κ2) is 6.10. The molecule has 0 rings (SSSR count). The molecule has 0 aromatic heterocycles. The maximum Gasteiger partial charge on any atom is 0.490 e. The zero-order valence-corrected chi connectivity index (χ0v) is 14.1. The number of rotatable bonds is 6. The van der Waals surface area contributed by atoms with Gasteiger partial charge in [0.1, 0.15) is 0 Å². The molecule has 0 spiro atoms. The minimum absolute atomic E-state index is 0.160. The molecular formula is C12H28O2Si2. The lowest BCUT2D eigenvalue weighted by Gasteiger charge is -2.42. The molecule has 0 N–H and O–H groups in total. The van der Waals surface area contributed by atoms with Gasteiger partial charge in [-0.3, -0.25) is 0 Å². The standard InChI is InChI=1S/C12H28O2Si2/c1-9(2)15(13)14-16(10(3)4,11(5)6)12(7)8/h9-12H,1-8H3. The molecule has 0 saturated carbocycles. The summed E-state index contributed by atoms with van der Waals surface area (Å²) in [6.07, 6.45) is 0. The van der Waals surface area contributed by atoms with Gasteiger partial charge in [0.15, 0.2) is 0 Å². The van der Waals surface area contributed by atoms with Gasteiger partial charge in [0.25, 0.3) is 0 Å². The highest BCUT2D eigenvalue weighted by Gasteiger charge is 2.47. The fraction of sp³-hybridized carbons (Fsp3) is 1.00. The van der Waals surface area contributed by atoms with E-state index >= 15 is 0 Å². The Kier molecular flexibility index (Phi) is 6.11. The average molecular weight is 261 g/mol. The monoisotopic (exact) mass is 260 g/mol. The SMILES string of the molecule is CC(C)[Si](=O)O[Si](C(C)C)(C(C)C)C(C)C. The molecule has 0 saturated heterocycles. The van der Waals surface area contributed by atoms with Crippen molar-refractivity contribution in [2.75, 3.05) is 0 Å². The lowest BCUT2D eigenvalue weighted by molar-refractivity contribution is 0.407. The van der Waals surface area contributed by atoms with Crippen molar-refractivity contribution in [1.29, 1.82) is 0 Å². The Balaban J connectivity index is 5.13. The van der Waals surface area contributed by atoms with Gasteiger partial charge in [-0.05, 0) is 16.6 Å². The van der Waals surface area contributed by atoms with E-state index in [-0.39, 0.29) is 5.54 Å².